The first kappa shape index (κ1) is 17.1. The largest absolute Gasteiger partial charge is 0.449 e. The van der Waals surface area contributed by atoms with Crippen molar-refractivity contribution in [1.29, 1.82) is 0 Å². The third-order valence-corrected chi connectivity index (χ3v) is 5.34. The molecule has 0 saturated carbocycles. The Bertz CT molecular complexity index is 753. The molecule has 1 aliphatic carbocycles. The van der Waals surface area contributed by atoms with Gasteiger partial charge in [-0.2, -0.15) is 0 Å². The van der Waals surface area contributed by atoms with Crippen LogP contribution < -0.4 is 5.32 Å². The summed E-state index contributed by atoms with van der Waals surface area (Å²) >= 11 is 0. The van der Waals surface area contributed by atoms with Crippen molar-refractivity contribution in [3.63, 3.8) is 0 Å². The van der Waals surface area contributed by atoms with Crippen molar-refractivity contribution in [2.24, 2.45) is 0 Å². The van der Waals surface area contributed by atoms with Crippen LogP contribution in [0.25, 0.3) is 11.1 Å². The number of carbonyl (C=O) groups is 1. The fourth-order valence-electron chi connectivity index (χ4n) is 3.97. The van der Waals surface area contributed by atoms with E-state index in [2.05, 4.69) is 29.6 Å². The summed E-state index contributed by atoms with van der Waals surface area (Å²) in [5.41, 5.74) is 4.02. The van der Waals surface area contributed by atoms with Crippen molar-refractivity contribution < 1.29 is 19.4 Å². The molecule has 2 N–H and O–H groups in total. The molecule has 1 aliphatic heterocycles. The summed E-state index contributed by atoms with van der Waals surface area (Å²) in [6.45, 7) is 1.08. The van der Waals surface area contributed by atoms with Gasteiger partial charge in [-0.15, -0.1) is 0 Å². The lowest BCUT2D eigenvalue weighted by molar-refractivity contribution is -0.00774. The topological polar surface area (TPSA) is 67.8 Å². The van der Waals surface area contributed by atoms with E-state index in [9.17, 15) is 9.90 Å². The van der Waals surface area contributed by atoms with Crippen LogP contribution in [0.15, 0.2) is 48.5 Å². The molecule has 4 rings (SSSR count). The molecule has 5 heteroatoms. The van der Waals surface area contributed by atoms with Gasteiger partial charge in [0.15, 0.2) is 0 Å². The Kier molecular flexibility index (Phi) is 4.66. The maximum Gasteiger partial charge on any atom is 0.407 e. The van der Waals surface area contributed by atoms with Crippen LogP contribution >= 0.6 is 0 Å². The van der Waals surface area contributed by atoms with Gasteiger partial charge in [-0.25, -0.2) is 4.79 Å². The van der Waals surface area contributed by atoms with Gasteiger partial charge in [0, 0.05) is 12.5 Å². The van der Waals surface area contributed by atoms with Gasteiger partial charge < -0.3 is 19.9 Å². The first-order chi connectivity index (χ1) is 12.7. The van der Waals surface area contributed by atoms with Crippen molar-refractivity contribution in [2.45, 2.75) is 24.3 Å². The lowest BCUT2D eigenvalue weighted by Gasteiger charge is -2.35. The number of benzene rings is 2. The highest BCUT2D eigenvalue weighted by atomic mass is 16.5. The molecule has 1 heterocycles. The van der Waals surface area contributed by atoms with E-state index in [0.29, 0.717) is 19.6 Å². The molecule has 2 aromatic carbocycles. The van der Waals surface area contributed by atoms with E-state index >= 15 is 0 Å². The molecule has 1 amide bonds. The third kappa shape index (κ3) is 3.08. The zero-order chi connectivity index (χ0) is 18.0. The molecule has 136 valence electrons. The molecule has 0 radical (unpaired) electrons. The molecule has 2 aromatic rings. The van der Waals surface area contributed by atoms with Crippen LogP contribution in [0.4, 0.5) is 4.79 Å². The summed E-state index contributed by atoms with van der Waals surface area (Å²) < 4.78 is 11.0. The Morgan fingerprint density at radius 3 is 2.38 bits per heavy atom. The molecule has 1 atom stereocenters. The first-order valence-corrected chi connectivity index (χ1v) is 9.04. The average molecular weight is 353 g/mol. The van der Waals surface area contributed by atoms with Crippen LogP contribution in [0, 0.1) is 0 Å². The van der Waals surface area contributed by atoms with Gasteiger partial charge in [-0.1, -0.05) is 48.5 Å². The predicted molar refractivity (Wildman–Crippen MR) is 98.1 cm³/mol. The Morgan fingerprint density at radius 1 is 1.15 bits per heavy atom. The van der Waals surface area contributed by atoms with Crippen LogP contribution in [0.5, 0.6) is 0 Å². The van der Waals surface area contributed by atoms with Gasteiger partial charge in [0.25, 0.3) is 0 Å². The average Bonchev–Trinajstić information content (AvgIpc) is 3.01. The predicted octanol–water partition coefficient (Wildman–Crippen LogP) is 3.07. The number of ether oxygens (including phenoxy) is 2. The highest BCUT2D eigenvalue weighted by molar-refractivity contribution is 5.79. The van der Waals surface area contributed by atoms with Gasteiger partial charge in [0.2, 0.25) is 0 Å². The fourth-order valence-corrected chi connectivity index (χ4v) is 3.97. The van der Waals surface area contributed by atoms with Crippen LogP contribution in [0.1, 0.15) is 29.9 Å². The van der Waals surface area contributed by atoms with Gasteiger partial charge in [0.1, 0.15) is 6.61 Å². The Morgan fingerprint density at radius 2 is 1.81 bits per heavy atom. The summed E-state index contributed by atoms with van der Waals surface area (Å²) in [6, 6.07) is 16.5. The molecule has 2 aliphatic rings. The molecule has 0 bridgehead atoms. The van der Waals surface area contributed by atoms with Gasteiger partial charge in [-0.05, 0) is 35.1 Å². The zero-order valence-corrected chi connectivity index (χ0v) is 14.6. The van der Waals surface area contributed by atoms with E-state index in [-0.39, 0.29) is 19.1 Å². The van der Waals surface area contributed by atoms with Crippen LogP contribution in [-0.4, -0.2) is 43.2 Å². The maximum atomic E-state index is 12.4. The quantitative estimate of drug-likeness (QED) is 0.886. The van der Waals surface area contributed by atoms with Crippen LogP contribution in [0.2, 0.25) is 0 Å². The number of aliphatic hydroxyl groups is 1. The summed E-state index contributed by atoms with van der Waals surface area (Å²) in [4.78, 5) is 12.4. The van der Waals surface area contributed by atoms with Crippen molar-refractivity contribution in [1.82, 2.24) is 5.32 Å². The van der Waals surface area contributed by atoms with E-state index in [1.807, 2.05) is 24.3 Å². The minimum Gasteiger partial charge on any atom is -0.449 e. The lowest BCUT2D eigenvalue weighted by atomic mass is 9.94. The van der Waals surface area contributed by atoms with E-state index < -0.39 is 11.6 Å². The maximum absolute atomic E-state index is 12.4. The van der Waals surface area contributed by atoms with E-state index in [0.717, 1.165) is 6.42 Å². The number of alkyl carbamates (subject to hydrolysis) is 1. The number of hydrogen-bond donors (Lipinski definition) is 2. The van der Waals surface area contributed by atoms with Crippen LogP contribution in [-0.2, 0) is 9.47 Å². The van der Waals surface area contributed by atoms with E-state index in [1.165, 1.54) is 22.3 Å². The van der Waals surface area contributed by atoms with Crippen molar-refractivity contribution >= 4 is 6.09 Å². The molecule has 0 spiro atoms. The molecule has 1 saturated heterocycles. The highest BCUT2D eigenvalue weighted by Gasteiger charge is 2.35. The smallest absolute Gasteiger partial charge is 0.407 e. The number of fused-ring (bicyclic) bond motifs is 3. The number of rotatable bonds is 4. The second kappa shape index (κ2) is 7.09. The minimum atomic E-state index is -0.735. The monoisotopic (exact) mass is 353 g/mol. The van der Waals surface area contributed by atoms with Crippen LogP contribution in [0.3, 0.4) is 0 Å². The molecular weight excluding hydrogens is 330 g/mol. The highest BCUT2D eigenvalue weighted by Crippen LogP contribution is 2.44. The zero-order valence-electron chi connectivity index (χ0n) is 14.6. The van der Waals surface area contributed by atoms with E-state index in [4.69, 9.17) is 9.47 Å². The first-order valence-electron chi connectivity index (χ1n) is 9.04. The fraction of sp³-hybridized carbons (Fsp3) is 0.381. The summed E-state index contributed by atoms with van der Waals surface area (Å²) in [5, 5.41) is 12.5. The number of aliphatic hydroxyl groups excluding tert-OH is 1. The molecule has 26 heavy (non-hydrogen) atoms. The van der Waals surface area contributed by atoms with Crippen molar-refractivity contribution in [2.75, 3.05) is 26.4 Å². The van der Waals surface area contributed by atoms with E-state index in [1.54, 1.807) is 0 Å². The summed E-state index contributed by atoms with van der Waals surface area (Å²) in [5.74, 6) is 0.0285. The third-order valence-electron chi connectivity index (χ3n) is 5.34. The number of carbonyl (C=O) groups excluding carboxylic acids is 1. The number of nitrogens with one attached hydrogen (secondary N) is 1. The van der Waals surface area contributed by atoms with Gasteiger partial charge >= 0.3 is 6.09 Å². The second-order valence-corrected chi connectivity index (χ2v) is 7.05. The summed E-state index contributed by atoms with van der Waals surface area (Å²) in [6.07, 6.45) is 0.990. The standard InChI is InChI=1S/C21H23NO4/c23-13-21(10-5-11-25-14-21)22-20(24)26-12-19-17-8-3-1-6-15(17)16-7-2-4-9-18(16)19/h1-4,6-9,19,23H,5,10-14H2,(H,22,24). The van der Waals surface area contributed by atoms with Gasteiger partial charge in [-0.3, -0.25) is 0 Å². The molecule has 0 aromatic heterocycles. The Balaban J connectivity index is 1.47. The SMILES string of the molecule is O=C(NC1(CO)CCCOC1)OCC1c2ccccc2-c2ccccc21. The minimum absolute atomic E-state index is 0.0285. The molecular formula is C21H23NO4. The molecule has 5 nitrogen and oxygen atoms in total. The lowest BCUT2D eigenvalue weighted by Crippen LogP contribution is -2.56. The molecule has 1 unspecified atom stereocenters. The van der Waals surface area contributed by atoms with Crippen molar-refractivity contribution in [3.8, 4) is 11.1 Å². The second-order valence-electron chi connectivity index (χ2n) is 7.05. The summed E-state index contributed by atoms with van der Waals surface area (Å²) in [7, 11) is 0. The normalized spacial score (nSPS) is 21.7. The Labute approximate surface area is 152 Å². The molecule has 1 fully saturated rings. The van der Waals surface area contributed by atoms with Gasteiger partial charge in [0.05, 0.1) is 18.8 Å². The number of amides is 1. The number of hydrogen-bond acceptors (Lipinski definition) is 4. The van der Waals surface area contributed by atoms with Crippen molar-refractivity contribution in [3.05, 3.63) is 59.7 Å². The Hall–Kier alpha value is -2.37.